The highest BCUT2D eigenvalue weighted by Gasteiger charge is 2.15. The van der Waals surface area contributed by atoms with Gasteiger partial charge in [0.05, 0.1) is 11.1 Å². The first-order valence-corrected chi connectivity index (χ1v) is 7.45. The summed E-state index contributed by atoms with van der Waals surface area (Å²) in [5.74, 6) is -1.60. The van der Waals surface area contributed by atoms with Gasteiger partial charge in [0.1, 0.15) is 22.4 Å². The monoisotopic (exact) mass is 359 g/mol. The first-order valence-electron chi connectivity index (χ1n) is 6.69. The summed E-state index contributed by atoms with van der Waals surface area (Å²) in [4.78, 5) is 11.9. The molecule has 2 aromatic carbocycles. The normalized spacial score (nSPS) is 11.9. The molecule has 23 heavy (non-hydrogen) atoms. The minimum absolute atomic E-state index is 0.181. The van der Waals surface area contributed by atoms with Gasteiger partial charge in [-0.25, -0.2) is 8.78 Å². The lowest BCUT2D eigenvalue weighted by molar-refractivity contribution is -0.123. The van der Waals surface area contributed by atoms with Gasteiger partial charge in [-0.1, -0.05) is 35.3 Å². The molecule has 2 aromatic rings. The molecule has 3 nitrogen and oxygen atoms in total. The highest BCUT2D eigenvalue weighted by molar-refractivity contribution is 6.42. The molecular weight excluding hydrogens is 347 g/mol. The second-order valence-electron chi connectivity index (χ2n) is 4.80. The lowest BCUT2D eigenvalue weighted by atomic mass is 10.1. The van der Waals surface area contributed by atoms with Gasteiger partial charge in [0.25, 0.3) is 5.91 Å². The lowest BCUT2D eigenvalue weighted by Crippen LogP contribution is -2.31. The van der Waals surface area contributed by atoms with Crippen LogP contribution in [0.25, 0.3) is 0 Å². The van der Waals surface area contributed by atoms with Gasteiger partial charge in [0, 0.05) is 11.6 Å². The highest BCUT2D eigenvalue weighted by atomic mass is 35.5. The molecule has 0 unspecified atom stereocenters. The molecule has 0 saturated carbocycles. The number of hydrogen-bond acceptors (Lipinski definition) is 2. The largest absolute Gasteiger partial charge is 0.482 e. The Bertz CT molecular complexity index is 725. The van der Waals surface area contributed by atoms with Crippen molar-refractivity contribution in [1.29, 1.82) is 0 Å². The maximum atomic E-state index is 13.6. The molecule has 0 aromatic heterocycles. The molecule has 2 rings (SSSR count). The Labute approximate surface area is 142 Å². The Balaban J connectivity index is 1.95. The number of hydrogen-bond donors (Lipinski definition) is 1. The second-order valence-corrected chi connectivity index (χ2v) is 5.58. The fourth-order valence-corrected chi connectivity index (χ4v) is 2.30. The Hall–Kier alpha value is -1.85. The van der Waals surface area contributed by atoms with Crippen LogP contribution in [0.3, 0.4) is 0 Å². The molecule has 0 aliphatic rings. The molecular formula is C16H13Cl2F2NO2. The Morgan fingerprint density at radius 1 is 1.26 bits per heavy atom. The molecule has 0 fully saturated rings. The molecule has 0 heterocycles. The van der Waals surface area contributed by atoms with E-state index >= 15 is 0 Å². The van der Waals surface area contributed by atoms with Gasteiger partial charge in [0.2, 0.25) is 0 Å². The first kappa shape index (κ1) is 17.5. The molecule has 0 spiro atoms. The summed E-state index contributed by atoms with van der Waals surface area (Å²) in [5, 5.41) is 3.08. The van der Waals surface area contributed by atoms with Gasteiger partial charge in [-0.05, 0) is 25.1 Å². The van der Waals surface area contributed by atoms with Crippen molar-refractivity contribution in [3.05, 3.63) is 63.6 Å². The molecule has 122 valence electrons. The number of amides is 1. The van der Waals surface area contributed by atoms with Crippen molar-refractivity contribution in [2.75, 3.05) is 6.61 Å². The average Bonchev–Trinajstić information content (AvgIpc) is 2.48. The van der Waals surface area contributed by atoms with Crippen molar-refractivity contribution in [2.45, 2.75) is 13.0 Å². The summed E-state index contributed by atoms with van der Waals surface area (Å²) in [6, 6.07) is 7.34. The number of ether oxygens (including phenoxy) is 1. The highest BCUT2D eigenvalue weighted by Crippen LogP contribution is 2.31. The maximum absolute atomic E-state index is 13.6. The van der Waals surface area contributed by atoms with Crippen LogP contribution in [-0.4, -0.2) is 12.5 Å². The van der Waals surface area contributed by atoms with E-state index in [-0.39, 0.29) is 22.9 Å². The SMILES string of the molecule is C[C@@H](NC(=O)COc1cccc(Cl)c1Cl)c1ccc(F)cc1F. The smallest absolute Gasteiger partial charge is 0.258 e. The van der Waals surface area contributed by atoms with Crippen LogP contribution in [0.5, 0.6) is 5.75 Å². The van der Waals surface area contributed by atoms with Crippen LogP contribution >= 0.6 is 23.2 Å². The summed E-state index contributed by atoms with van der Waals surface area (Å²) in [7, 11) is 0. The number of carbonyl (C=O) groups is 1. The van der Waals surface area contributed by atoms with Gasteiger partial charge in [-0.2, -0.15) is 0 Å². The van der Waals surface area contributed by atoms with Crippen molar-refractivity contribution < 1.29 is 18.3 Å². The van der Waals surface area contributed by atoms with Crippen LogP contribution in [0.2, 0.25) is 10.0 Å². The number of rotatable bonds is 5. The van der Waals surface area contributed by atoms with Gasteiger partial charge in [-0.3, -0.25) is 4.79 Å². The summed E-state index contributed by atoms with van der Waals surface area (Å²) in [5.41, 5.74) is 0.181. The molecule has 0 aliphatic carbocycles. The van der Waals surface area contributed by atoms with E-state index in [0.29, 0.717) is 5.02 Å². The van der Waals surface area contributed by atoms with Crippen LogP contribution in [0, 0.1) is 11.6 Å². The van der Waals surface area contributed by atoms with Gasteiger partial charge in [0.15, 0.2) is 6.61 Å². The quantitative estimate of drug-likeness (QED) is 0.851. The zero-order valence-corrected chi connectivity index (χ0v) is 13.6. The standard InChI is InChI=1S/C16H13Cl2F2NO2/c1-9(11-6-5-10(19)7-13(11)20)21-15(22)8-23-14-4-2-3-12(17)16(14)18/h2-7,9H,8H2,1H3,(H,21,22)/t9-/m1/s1. The predicted octanol–water partition coefficient (Wildman–Crippen LogP) is 4.53. The van der Waals surface area contributed by atoms with Gasteiger partial charge in [-0.15, -0.1) is 0 Å². The first-order chi connectivity index (χ1) is 10.9. The lowest BCUT2D eigenvalue weighted by Gasteiger charge is -2.16. The fraction of sp³-hybridized carbons (Fsp3) is 0.188. The third kappa shape index (κ3) is 4.56. The Morgan fingerprint density at radius 2 is 2.00 bits per heavy atom. The number of halogens is 4. The summed E-state index contributed by atoms with van der Waals surface area (Å²) >= 11 is 11.8. The van der Waals surface area contributed by atoms with E-state index in [2.05, 4.69) is 5.32 Å². The second kappa shape index (κ2) is 7.62. The van der Waals surface area contributed by atoms with E-state index in [1.165, 1.54) is 6.07 Å². The minimum Gasteiger partial charge on any atom is -0.482 e. The number of carbonyl (C=O) groups excluding carboxylic acids is 1. The van der Waals surface area contributed by atoms with Crippen LogP contribution in [0.1, 0.15) is 18.5 Å². The van der Waals surface area contributed by atoms with E-state index in [4.69, 9.17) is 27.9 Å². The molecule has 1 atom stereocenters. The van der Waals surface area contributed by atoms with E-state index < -0.39 is 23.6 Å². The van der Waals surface area contributed by atoms with Crippen molar-refractivity contribution in [3.8, 4) is 5.75 Å². The molecule has 1 amide bonds. The van der Waals surface area contributed by atoms with Crippen molar-refractivity contribution in [1.82, 2.24) is 5.32 Å². The fourth-order valence-electron chi connectivity index (χ4n) is 1.95. The third-order valence-electron chi connectivity index (χ3n) is 3.08. The molecule has 0 aliphatic heterocycles. The molecule has 7 heteroatoms. The van der Waals surface area contributed by atoms with Gasteiger partial charge < -0.3 is 10.1 Å². The molecule has 0 saturated heterocycles. The molecule has 1 N–H and O–H groups in total. The van der Waals surface area contributed by atoms with Crippen LogP contribution in [0.15, 0.2) is 36.4 Å². The van der Waals surface area contributed by atoms with Crippen LogP contribution in [0.4, 0.5) is 8.78 Å². The van der Waals surface area contributed by atoms with Crippen LogP contribution in [-0.2, 0) is 4.79 Å². The van der Waals surface area contributed by atoms with Gasteiger partial charge >= 0.3 is 0 Å². The van der Waals surface area contributed by atoms with Crippen LogP contribution < -0.4 is 10.1 Å². The Morgan fingerprint density at radius 3 is 2.70 bits per heavy atom. The van der Waals surface area contributed by atoms with Crippen molar-refractivity contribution >= 4 is 29.1 Å². The van der Waals surface area contributed by atoms with Crippen molar-refractivity contribution in [2.24, 2.45) is 0 Å². The topological polar surface area (TPSA) is 38.3 Å². The average molecular weight is 360 g/mol. The summed E-state index contributed by atoms with van der Waals surface area (Å²) in [6.07, 6.45) is 0. The van der Waals surface area contributed by atoms with E-state index in [1.54, 1.807) is 25.1 Å². The Kier molecular flexibility index (Phi) is 5.80. The van der Waals surface area contributed by atoms with Crippen molar-refractivity contribution in [3.63, 3.8) is 0 Å². The molecule has 0 bridgehead atoms. The maximum Gasteiger partial charge on any atom is 0.258 e. The predicted molar refractivity (Wildman–Crippen MR) is 84.9 cm³/mol. The summed E-state index contributed by atoms with van der Waals surface area (Å²) in [6.45, 7) is 1.27. The third-order valence-corrected chi connectivity index (χ3v) is 3.88. The molecule has 0 radical (unpaired) electrons. The number of benzene rings is 2. The summed E-state index contributed by atoms with van der Waals surface area (Å²) < 4.78 is 31.8. The van der Waals surface area contributed by atoms with E-state index in [0.717, 1.165) is 12.1 Å². The zero-order valence-electron chi connectivity index (χ0n) is 12.1. The van der Waals surface area contributed by atoms with E-state index in [9.17, 15) is 13.6 Å². The number of nitrogens with one attached hydrogen (secondary N) is 1. The van der Waals surface area contributed by atoms with E-state index in [1.807, 2.05) is 0 Å². The minimum atomic E-state index is -0.725. The zero-order chi connectivity index (χ0) is 17.0.